The Morgan fingerprint density at radius 1 is 0.857 bits per heavy atom. The second kappa shape index (κ2) is 14.4. The predicted molar refractivity (Wildman–Crippen MR) is 146 cm³/mol. The molecule has 0 saturated heterocycles. The Kier molecular flexibility index (Phi) is 11.0. The zero-order valence-electron chi connectivity index (χ0n) is 19.9. The fourth-order valence-electron chi connectivity index (χ4n) is 3.48. The molecule has 0 atom stereocenters. The van der Waals surface area contributed by atoms with Crippen LogP contribution in [0.1, 0.15) is 51.0 Å². The molecule has 8 heteroatoms. The van der Waals surface area contributed by atoms with E-state index in [1.807, 2.05) is 60.7 Å². The third-order valence-electron chi connectivity index (χ3n) is 5.23. The molecule has 2 aromatic carbocycles. The Labute approximate surface area is 214 Å². The van der Waals surface area contributed by atoms with Crippen LogP contribution in [0, 0.1) is 0 Å². The molecule has 0 aliphatic rings. The topological polar surface area (TPSA) is 88.2 Å². The van der Waals surface area contributed by atoms with Crippen molar-refractivity contribution in [2.75, 3.05) is 16.4 Å². The molecule has 2 amide bonds. The van der Waals surface area contributed by atoms with Gasteiger partial charge in [-0.1, -0.05) is 96.6 Å². The van der Waals surface area contributed by atoms with Gasteiger partial charge in [0.25, 0.3) is 0 Å². The van der Waals surface area contributed by atoms with E-state index >= 15 is 0 Å². The average Bonchev–Trinajstić information content (AvgIpc) is 3.24. The van der Waals surface area contributed by atoms with Crippen molar-refractivity contribution in [2.45, 2.75) is 51.9 Å². The van der Waals surface area contributed by atoms with Crippen molar-refractivity contribution in [3.8, 4) is 11.3 Å². The molecule has 6 nitrogen and oxygen atoms in total. The number of aromatic nitrogens is 1. The number of hydrogen-bond acceptors (Lipinski definition) is 6. The standard InChI is InChI=1S/C27H31N3O3S2/c1-20(31)28-26-25(22-14-8-5-9-15-22)30-27(35-26)29-23(32)16-10-2-3-11-19-34-24(33)18-17-21-12-6-4-7-13-21/h4-9,12-15H,2-3,10-11,16-19H2,1H3,(H,28,31)(H,29,30,32). The summed E-state index contributed by atoms with van der Waals surface area (Å²) in [5.41, 5.74) is 2.72. The number of benzene rings is 2. The summed E-state index contributed by atoms with van der Waals surface area (Å²) < 4.78 is 0. The first-order valence-corrected chi connectivity index (χ1v) is 13.6. The van der Waals surface area contributed by atoms with E-state index < -0.39 is 0 Å². The fourth-order valence-corrected chi connectivity index (χ4v) is 5.25. The van der Waals surface area contributed by atoms with Crippen LogP contribution in [0.25, 0.3) is 11.3 Å². The number of carbonyl (C=O) groups is 3. The molecule has 3 rings (SSSR count). The first kappa shape index (κ1) is 26.6. The molecular formula is C27H31N3O3S2. The highest BCUT2D eigenvalue weighted by molar-refractivity contribution is 8.13. The number of anilines is 2. The van der Waals surface area contributed by atoms with E-state index in [1.54, 1.807) is 0 Å². The first-order chi connectivity index (χ1) is 17.0. The summed E-state index contributed by atoms with van der Waals surface area (Å²) in [6.07, 6.45) is 5.47. The van der Waals surface area contributed by atoms with Gasteiger partial charge in [-0.05, 0) is 24.8 Å². The molecule has 0 spiro atoms. The van der Waals surface area contributed by atoms with Crippen LogP contribution in [-0.2, 0) is 20.8 Å². The van der Waals surface area contributed by atoms with E-state index in [0.717, 1.165) is 43.4 Å². The lowest BCUT2D eigenvalue weighted by Gasteiger charge is -2.03. The van der Waals surface area contributed by atoms with Crippen molar-refractivity contribution >= 4 is 50.2 Å². The van der Waals surface area contributed by atoms with Gasteiger partial charge in [0.1, 0.15) is 10.7 Å². The average molecular weight is 510 g/mol. The van der Waals surface area contributed by atoms with Crippen LogP contribution in [0.2, 0.25) is 0 Å². The lowest BCUT2D eigenvalue weighted by molar-refractivity contribution is -0.116. The van der Waals surface area contributed by atoms with Crippen LogP contribution in [0.4, 0.5) is 10.1 Å². The summed E-state index contributed by atoms with van der Waals surface area (Å²) in [6.45, 7) is 1.45. The fraction of sp³-hybridized carbons (Fsp3) is 0.333. The second-order valence-electron chi connectivity index (χ2n) is 8.16. The largest absolute Gasteiger partial charge is 0.316 e. The number of unbranched alkanes of at least 4 members (excludes halogenated alkanes) is 3. The molecular weight excluding hydrogens is 478 g/mol. The Balaban J connectivity index is 1.32. The molecule has 0 radical (unpaired) electrons. The molecule has 3 aromatic rings. The Hall–Kier alpha value is -2.97. The van der Waals surface area contributed by atoms with Gasteiger partial charge in [-0.3, -0.25) is 14.4 Å². The summed E-state index contributed by atoms with van der Waals surface area (Å²) in [6, 6.07) is 19.6. The van der Waals surface area contributed by atoms with Crippen LogP contribution >= 0.6 is 23.1 Å². The molecule has 0 bridgehead atoms. The molecule has 0 saturated carbocycles. The lowest BCUT2D eigenvalue weighted by atomic mass is 10.1. The number of nitrogens with one attached hydrogen (secondary N) is 2. The molecule has 1 heterocycles. The van der Waals surface area contributed by atoms with Crippen LogP contribution in [0.3, 0.4) is 0 Å². The molecule has 0 fully saturated rings. The van der Waals surface area contributed by atoms with Crippen molar-refractivity contribution in [1.82, 2.24) is 4.98 Å². The number of carbonyl (C=O) groups excluding carboxylic acids is 3. The van der Waals surface area contributed by atoms with Gasteiger partial charge in [0, 0.05) is 31.1 Å². The minimum atomic E-state index is -0.181. The molecule has 35 heavy (non-hydrogen) atoms. The highest BCUT2D eigenvalue weighted by Gasteiger charge is 2.15. The van der Waals surface area contributed by atoms with Crippen LogP contribution in [-0.4, -0.2) is 27.7 Å². The molecule has 184 valence electrons. The maximum absolute atomic E-state index is 12.4. The predicted octanol–water partition coefficient (Wildman–Crippen LogP) is 6.55. The summed E-state index contributed by atoms with van der Waals surface area (Å²) in [7, 11) is 0. The van der Waals surface area contributed by atoms with Crippen LogP contribution < -0.4 is 10.6 Å². The van der Waals surface area contributed by atoms with Crippen LogP contribution in [0.15, 0.2) is 60.7 Å². The lowest BCUT2D eigenvalue weighted by Crippen LogP contribution is -2.10. The number of thioether (sulfide) groups is 1. The van der Waals surface area contributed by atoms with Gasteiger partial charge in [-0.15, -0.1) is 0 Å². The van der Waals surface area contributed by atoms with E-state index in [-0.39, 0.29) is 16.9 Å². The minimum Gasteiger partial charge on any atom is -0.316 e. The van der Waals surface area contributed by atoms with Gasteiger partial charge >= 0.3 is 0 Å². The monoisotopic (exact) mass is 509 g/mol. The summed E-state index contributed by atoms with van der Waals surface area (Å²) in [5.74, 6) is 0.561. The van der Waals surface area contributed by atoms with Gasteiger partial charge in [0.05, 0.1) is 0 Å². The molecule has 2 N–H and O–H groups in total. The minimum absolute atomic E-state index is 0.0850. The van der Waals surface area contributed by atoms with E-state index in [9.17, 15) is 14.4 Å². The smallest absolute Gasteiger partial charge is 0.226 e. The first-order valence-electron chi connectivity index (χ1n) is 11.8. The van der Waals surface area contributed by atoms with Crippen molar-refractivity contribution in [2.24, 2.45) is 0 Å². The van der Waals surface area contributed by atoms with Crippen LogP contribution in [0.5, 0.6) is 0 Å². The van der Waals surface area contributed by atoms with Crippen molar-refractivity contribution in [3.05, 3.63) is 66.2 Å². The number of hydrogen-bond donors (Lipinski definition) is 2. The highest BCUT2D eigenvalue weighted by Crippen LogP contribution is 2.35. The third-order valence-corrected chi connectivity index (χ3v) is 7.14. The molecule has 0 aliphatic heterocycles. The van der Waals surface area contributed by atoms with Crippen molar-refractivity contribution in [3.63, 3.8) is 0 Å². The Bertz CT molecular complexity index is 1100. The van der Waals surface area contributed by atoms with Crippen molar-refractivity contribution < 1.29 is 14.4 Å². The number of rotatable bonds is 13. The van der Waals surface area contributed by atoms with Gasteiger partial charge in [0.2, 0.25) is 11.8 Å². The van der Waals surface area contributed by atoms with Gasteiger partial charge < -0.3 is 10.6 Å². The summed E-state index contributed by atoms with van der Waals surface area (Å²) in [5, 5.41) is 7.00. The molecule has 0 unspecified atom stereocenters. The quantitative estimate of drug-likeness (QED) is 0.255. The van der Waals surface area contributed by atoms with Gasteiger partial charge in [-0.2, -0.15) is 0 Å². The second-order valence-corrected chi connectivity index (χ2v) is 10.3. The van der Waals surface area contributed by atoms with Gasteiger partial charge in [-0.25, -0.2) is 4.98 Å². The number of thiazole rings is 1. The highest BCUT2D eigenvalue weighted by atomic mass is 32.2. The van der Waals surface area contributed by atoms with E-state index in [0.29, 0.717) is 28.7 Å². The van der Waals surface area contributed by atoms with Gasteiger partial charge in [0.15, 0.2) is 10.2 Å². The maximum atomic E-state index is 12.4. The van der Waals surface area contributed by atoms with Crippen molar-refractivity contribution in [1.29, 1.82) is 0 Å². The van der Waals surface area contributed by atoms with E-state index in [1.165, 1.54) is 35.6 Å². The SMILES string of the molecule is CC(=O)Nc1sc(NC(=O)CCCCCCSC(=O)CCc2ccccc2)nc1-c1ccccc1. The van der Waals surface area contributed by atoms with E-state index in [2.05, 4.69) is 15.6 Å². The number of amides is 2. The Morgan fingerprint density at radius 3 is 2.26 bits per heavy atom. The molecule has 1 aromatic heterocycles. The normalized spacial score (nSPS) is 10.7. The maximum Gasteiger partial charge on any atom is 0.226 e. The Morgan fingerprint density at radius 2 is 1.54 bits per heavy atom. The number of aryl methyl sites for hydroxylation is 1. The summed E-state index contributed by atoms with van der Waals surface area (Å²) in [4.78, 5) is 40.5. The summed E-state index contributed by atoms with van der Waals surface area (Å²) >= 11 is 2.67. The molecule has 0 aliphatic carbocycles. The van der Waals surface area contributed by atoms with E-state index in [4.69, 9.17) is 0 Å². The zero-order valence-corrected chi connectivity index (χ0v) is 21.6. The number of nitrogens with zero attached hydrogens (tertiary/aromatic N) is 1. The third kappa shape index (κ3) is 9.66. The zero-order chi connectivity index (χ0) is 24.9.